The Hall–Kier alpha value is -1.35. The van der Waals surface area contributed by atoms with Crippen LogP contribution in [0.2, 0.25) is 5.28 Å². The fourth-order valence-electron chi connectivity index (χ4n) is 2.26. The third kappa shape index (κ3) is 2.03. The van der Waals surface area contributed by atoms with Gasteiger partial charge in [-0.3, -0.25) is 4.57 Å². The second kappa shape index (κ2) is 4.39. The van der Waals surface area contributed by atoms with Crippen LogP contribution < -0.4 is 0 Å². The average molecular weight is 262 g/mol. The summed E-state index contributed by atoms with van der Waals surface area (Å²) in [5.41, 5.74) is 2.51. The lowest BCUT2D eigenvalue weighted by Crippen LogP contribution is -2.10. The van der Waals surface area contributed by atoms with Crippen LogP contribution in [0.15, 0.2) is 24.3 Å². The van der Waals surface area contributed by atoms with Crippen LogP contribution >= 0.6 is 11.6 Å². The lowest BCUT2D eigenvalue weighted by molar-refractivity contribution is 0.603. The Labute approximate surface area is 112 Å². The van der Waals surface area contributed by atoms with Crippen LogP contribution in [-0.2, 0) is 0 Å². The van der Waals surface area contributed by atoms with Gasteiger partial charge in [0.05, 0.1) is 6.04 Å². The summed E-state index contributed by atoms with van der Waals surface area (Å²) in [7, 11) is 0. The molecule has 1 heterocycles. The van der Waals surface area contributed by atoms with E-state index in [1.54, 1.807) is 0 Å². The smallest absolute Gasteiger partial charge is 0.225 e. The molecule has 1 aromatic carbocycles. The van der Waals surface area contributed by atoms with Crippen molar-refractivity contribution in [1.29, 1.82) is 0 Å². The van der Waals surface area contributed by atoms with Crippen molar-refractivity contribution in [3.63, 3.8) is 0 Å². The van der Waals surface area contributed by atoms with Gasteiger partial charge < -0.3 is 0 Å². The van der Waals surface area contributed by atoms with E-state index >= 15 is 0 Å². The molecule has 1 aliphatic rings. The predicted molar refractivity (Wildman–Crippen MR) is 72.0 cm³/mol. The molecule has 18 heavy (non-hydrogen) atoms. The van der Waals surface area contributed by atoms with Crippen molar-refractivity contribution < 1.29 is 0 Å². The van der Waals surface area contributed by atoms with E-state index in [0.717, 1.165) is 5.82 Å². The fourth-order valence-corrected chi connectivity index (χ4v) is 2.53. The topological polar surface area (TPSA) is 30.7 Å². The molecular weight excluding hydrogens is 246 g/mol. The van der Waals surface area contributed by atoms with E-state index in [2.05, 4.69) is 52.9 Å². The third-order valence-corrected chi connectivity index (χ3v) is 3.83. The van der Waals surface area contributed by atoms with Gasteiger partial charge in [-0.15, -0.1) is 10.2 Å². The van der Waals surface area contributed by atoms with Crippen LogP contribution in [0.25, 0.3) is 0 Å². The highest BCUT2D eigenvalue weighted by Crippen LogP contribution is 2.41. The van der Waals surface area contributed by atoms with Gasteiger partial charge in [0.2, 0.25) is 5.28 Å². The van der Waals surface area contributed by atoms with Gasteiger partial charge in [-0.1, -0.05) is 29.8 Å². The summed E-state index contributed by atoms with van der Waals surface area (Å²) in [6.07, 6.45) is 2.41. The molecule has 2 aromatic rings. The average Bonchev–Trinajstić information content (AvgIpc) is 3.13. The van der Waals surface area contributed by atoms with Crippen LogP contribution in [-0.4, -0.2) is 14.8 Å². The number of aromatic nitrogens is 3. The highest BCUT2D eigenvalue weighted by atomic mass is 35.5. The van der Waals surface area contributed by atoms with Gasteiger partial charge in [-0.25, -0.2) is 0 Å². The summed E-state index contributed by atoms with van der Waals surface area (Å²) in [6, 6.07) is 8.73. The largest absolute Gasteiger partial charge is 0.294 e. The molecule has 0 amide bonds. The highest BCUT2D eigenvalue weighted by Gasteiger charge is 2.31. The minimum absolute atomic E-state index is 0.184. The first-order chi connectivity index (χ1) is 8.66. The van der Waals surface area contributed by atoms with E-state index in [1.165, 1.54) is 24.0 Å². The first kappa shape index (κ1) is 11.7. The van der Waals surface area contributed by atoms with Crippen molar-refractivity contribution in [2.45, 2.75) is 38.6 Å². The molecule has 3 rings (SSSR count). The minimum atomic E-state index is 0.184. The molecule has 1 fully saturated rings. The van der Waals surface area contributed by atoms with Crippen LogP contribution in [0.4, 0.5) is 0 Å². The summed E-state index contributed by atoms with van der Waals surface area (Å²) < 4.78 is 2.06. The second-order valence-corrected chi connectivity index (χ2v) is 5.40. The zero-order valence-electron chi connectivity index (χ0n) is 10.6. The highest BCUT2D eigenvalue weighted by molar-refractivity contribution is 6.28. The molecule has 0 saturated heterocycles. The Kier molecular flexibility index (Phi) is 2.86. The molecule has 1 saturated carbocycles. The van der Waals surface area contributed by atoms with E-state index in [9.17, 15) is 0 Å². The number of benzene rings is 1. The summed E-state index contributed by atoms with van der Waals surface area (Å²) in [5.74, 6) is 1.59. The Morgan fingerprint density at radius 3 is 2.50 bits per heavy atom. The zero-order valence-corrected chi connectivity index (χ0v) is 11.4. The Morgan fingerprint density at radius 2 is 1.89 bits per heavy atom. The summed E-state index contributed by atoms with van der Waals surface area (Å²) in [5, 5.41) is 8.73. The van der Waals surface area contributed by atoms with Crippen molar-refractivity contribution in [2.24, 2.45) is 0 Å². The molecular formula is C14H16ClN3. The maximum absolute atomic E-state index is 6.18. The zero-order chi connectivity index (χ0) is 12.7. The molecule has 1 atom stereocenters. The fraction of sp³-hybridized carbons (Fsp3) is 0.429. The Bertz CT molecular complexity index is 555. The molecule has 0 aliphatic heterocycles. The van der Waals surface area contributed by atoms with E-state index in [-0.39, 0.29) is 6.04 Å². The monoisotopic (exact) mass is 261 g/mol. The molecule has 1 unspecified atom stereocenters. The summed E-state index contributed by atoms with van der Waals surface area (Å²) in [4.78, 5) is 0. The van der Waals surface area contributed by atoms with Gasteiger partial charge in [0.1, 0.15) is 5.82 Å². The maximum atomic E-state index is 6.18. The number of halogens is 1. The van der Waals surface area contributed by atoms with Crippen LogP contribution in [0, 0.1) is 6.92 Å². The van der Waals surface area contributed by atoms with Crippen molar-refractivity contribution in [3.05, 3.63) is 46.5 Å². The maximum Gasteiger partial charge on any atom is 0.225 e. The molecule has 1 aromatic heterocycles. The van der Waals surface area contributed by atoms with Gasteiger partial charge in [-0.05, 0) is 43.9 Å². The lowest BCUT2D eigenvalue weighted by Gasteiger charge is -2.17. The molecule has 3 nitrogen and oxygen atoms in total. The predicted octanol–water partition coefficient (Wildman–Crippen LogP) is 3.73. The van der Waals surface area contributed by atoms with Crippen molar-refractivity contribution in [3.8, 4) is 0 Å². The third-order valence-electron chi connectivity index (χ3n) is 3.57. The van der Waals surface area contributed by atoms with Gasteiger partial charge in [0, 0.05) is 5.92 Å². The number of nitrogens with zero attached hydrogens (tertiary/aromatic N) is 3. The Morgan fingerprint density at radius 1 is 1.22 bits per heavy atom. The quantitative estimate of drug-likeness (QED) is 0.843. The van der Waals surface area contributed by atoms with Crippen LogP contribution in [0.1, 0.15) is 48.7 Å². The first-order valence-electron chi connectivity index (χ1n) is 6.33. The van der Waals surface area contributed by atoms with Gasteiger partial charge >= 0.3 is 0 Å². The van der Waals surface area contributed by atoms with E-state index in [4.69, 9.17) is 11.6 Å². The van der Waals surface area contributed by atoms with E-state index in [0.29, 0.717) is 11.2 Å². The summed E-state index contributed by atoms with van der Waals surface area (Å²) >= 11 is 6.18. The molecule has 0 N–H and O–H groups in total. The number of hydrogen-bond donors (Lipinski definition) is 0. The van der Waals surface area contributed by atoms with Crippen molar-refractivity contribution in [2.75, 3.05) is 0 Å². The van der Waals surface area contributed by atoms with Gasteiger partial charge in [0.25, 0.3) is 0 Å². The number of aryl methyl sites for hydroxylation is 1. The SMILES string of the molecule is Cc1ccc(C(C)n2c(Cl)nnc2C2CC2)cc1. The van der Waals surface area contributed by atoms with Crippen LogP contribution in [0.5, 0.6) is 0 Å². The van der Waals surface area contributed by atoms with E-state index < -0.39 is 0 Å². The van der Waals surface area contributed by atoms with Crippen LogP contribution in [0.3, 0.4) is 0 Å². The molecule has 94 valence electrons. The van der Waals surface area contributed by atoms with Gasteiger partial charge in [0.15, 0.2) is 0 Å². The van der Waals surface area contributed by atoms with Gasteiger partial charge in [-0.2, -0.15) is 0 Å². The molecule has 4 heteroatoms. The standard InChI is InChI=1S/C14H16ClN3/c1-9-3-5-11(6-4-9)10(2)18-13(12-7-8-12)16-17-14(18)15/h3-6,10,12H,7-8H2,1-2H3. The Balaban J connectivity index is 1.98. The second-order valence-electron chi connectivity index (χ2n) is 5.06. The first-order valence-corrected chi connectivity index (χ1v) is 6.71. The van der Waals surface area contributed by atoms with E-state index in [1.807, 2.05) is 0 Å². The molecule has 0 radical (unpaired) electrons. The van der Waals surface area contributed by atoms with Crippen molar-refractivity contribution in [1.82, 2.24) is 14.8 Å². The lowest BCUT2D eigenvalue weighted by atomic mass is 10.1. The van der Waals surface area contributed by atoms with Crippen molar-refractivity contribution >= 4 is 11.6 Å². The normalized spacial score (nSPS) is 16.8. The number of hydrogen-bond acceptors (Lipinski definition) is 2. The molecule has 0 bridgehead atoms. The molecule has 1 aliphatic carbocycles. The number of rotatable bonds is 3. The summed E-state index contributed by atoms with van der Waals surface area (Å²) in [6.45, 7) is 4.24. The molecule has 0 spiro atoms. The minimum Gasteiger partial charge on any atom is -0.294 e.